The Morgan fingerprint density at radius 2 is 2.31 bits per heavy atom. The van der Waals surface area contributed by atoms with Crippen LogP contribution in [0.2, 0.25) is 0 Å². The Morgan fingerprint density at radius 1 is 1.56 bits per heavy atom. The number of benzene rings is 1. The summed E-state index contributed by atoms with van der Waals surface area (Å²) < 4.78 is 1.88. The number of imidazole rings is 1. The van der Waals surface area contributed by atoms with Gasteiger partial charge in [-0.3, -0.25) is 0 Å². The summed E-state index contributed by atoms with van der Waals surface area (Å²) in [5.74, 6) is -1.21. The zero-order chi connectivity index (χ0) is 11.7. The molecule has 84 valence electrons. The molecule has 2 N–H and O–H groups in total. The average molecular weight is 220 g/mol. The smallest absolute Gasteiger partial charge is 0.332 e. The normalized spacial score (nSPS) is 12.9. The maximum Gasteiger partial charge on any atom is 0.332 e. The molecule has 16 heavy (non-hydrogen) atoms. The van der Waals surface area contributed by atoms with Crippen LogP contribution < -0.4 is 0 Å². The van der Waals surface area contributed by atoms with Gasteiger partial charge in [-0.15, -0.1) is 0 Å². The van der Waals surface area contributed by atoms with Crippen LogP contribution in [-0.2, 0) is 18.3 Å². The van der Waals surface area contributed by atoms with Gasteiger partial charge in [-0.05, 0) is 17.7 Å². The van der Waals surface area contributed by atoms with Gasteiger partial charge in [0.2, 0.25) is 0 Å². The van der Waals surface area contributed by atoms with Gasteiger partial charge >= 0.3 is 5.97 Å². The minimum atomic E-state index is -1.36. The second kappa shape index (κ2) is 3.94. The molecule has 0 radical (unpaired) electrons. The van der Waals surface area contributed by atoms with Crippen molar-refractivity contribution in [3.63, 3.8) is 0 Å². The first-order valence-electron chi connectivity index (χ1n) is 4.89. The third-order valence-corrected chi connectivity index (χ3v) is 2.50. The standard InChI is InChI=1S/C11H12N2O3/c1-13-6-12-8-4-7(2-3-9(8)13)5-10(14)11(15)16/h2-4,6,10,14H,5H2,1H3,(H,15,16). The largest absolute Gasteiger partial charge is 0.479 e. The van der Waals surface area contributed by atoms with Crippen molar-refractivity contribution in [2.24, 2.45) is 7.05 Å². The molecule has 0 aliphatic carbocycles. The van der Waals surface area contributed by atoms with Crippen molar-refractivity contribution < 1.29 is 15.0 Å². The van der Waals surface area contributed by atoms with Gasteiger partial charge < -0.3 is 14.8 Å². The number of carboxylic acid groups (broad SMARTS) is 1. The maximum atomic E-state index is 10.5. The van der Waals surface area contributed by atoms with Crippen molar-refractivity contribution in [3.05, 3.63) is 30.1 Å². The molecule has 0 bridgehead atoms. The van der Waals surface area contributed by atoms with E-state index in [-0.39, 0.29) is 6.42 Å². The van der Waals surface area contributed by atoms with Gasteiger partial charge in [0.25, 0.3) is 0 Å². The lowest BCUT2D eigenvalue weighted by Crippen LogP contribution is -2.21. The Kier molecular flexibility index (Phi) is 2.62. The predicted octanol–water partition coefficient (Wildman–Crippen LogP) is 0.561. The van der Waals surface area contributed by atoms with Crippen LogP contribution in [0.25, 0.3) is 11.0 Å². The van der Waals surface area contributed by atoms with Gasteiger partial charge in [-0.2, -0.15) is 0 Å². The topological polar surface area (TPSA) is 75.3 Å². The van der Waals surface area contributed by atoms with Gasteiger partial charge in [0.15, 0.2) is 6.10 Å². The van der Waals surface area contributed by atoms with Crippen LogP contribution in [0.4, 0.5) is 0 Å². The van der Waals surface area contributed by atoms with E-state index in [0.717, 1.165) is 16.6 Å². The van der Waals surface area contributed by atoms with E-state index in [1.54, 1.807) is 18.5 Å². The molecule has 0 saturated carbocycles. The first-order valence-corrected chi connectivity index (χ1v) is 4.89. The molecular weight excluding hydrogens is 208 g/mol. The van der Waals surface area contributed by atoms with Crippen molar-refractivity contribution in [1.29, 1.82) is 0 Å². The fourth-order valence-electron chi connectivity index (χ4n) is 1.62. The summed E-state index contributed by atoms with van der Waals surface area (Å²) in [6.07, 6.45) is 0.436. The van der Waals surface area contributed by atoms with E-state index in [1.165, 1.54) is 0 Å². The number of aliphatic hydroxyl groups excluding tert-OH is 1. The molecule has 1 unspecified atom stereocenters. The number of carboxylic acids is 1. The van der Waals surface area contributed by atoms with E-state index in [0.29, 0.717) is 0 Å². The summed E-state index contributed by atoms with van der Waals surface area (Å²) in [6.45, 7) is 0. The summed E-state index contributed by atoms with van der Waals surface area (Å²) in [4.78, 5) is 14.7. The summed E-state index contributed by atoms with van der Waals surface area (Å²) >= 11 is 0. The van der Waals surface area contributed by atoms with E-state index in [4.69, 9.17) is 5.11 Å². The van der Waals surface area contributed by atoms with Gasteiger partial charge in [0, 0.05) is 13.5 Å². The highest BCUT2D eigenvalue weighted by molar-refractivity contribution is 5.77. The zero-order valence-electron chi connectivity index (χ0n) is 8.79. The molecule has 2 rings (SSSR count). The lowest BCUT2D eigenvalue weighted by Gasteiger charge is -2.05. The highest BCUT2D eigenvalue weighted by Crippen LogP contribution is 2.15. The number of aryl methyl sites for hydroxylation is 1. The second-order valence-electron chi connectivity index (χ2n) is 3.74. The highest BCUT2D eigenvalue weighted by Gasteiger charge is 2.14. The molecule has 2 aromatic rings. The lowest BCUT2D eigenvalue weighted by molar-refractivity contribution is -0.146. The fraction of sp³-hybridized carbons (Fsp3) is 0.273. The SMILES string of the molecule is Cn1cnc2cc(CC(O)C(=O)O)ccc21. The molecule has 0 amide bonds. The molecule has 0 spiro atoms. The first-order chi connectivity index (χ1) is 7.58. The Balaban J connectivity index is 2.29. The zero-order valence-corrected chi connectivity index (χ0v) is 8.79. The maximum absolute atomic E-state index is 10.5. The van der Waals surface area contributed by atoms with Crippen molar-refractivity contribution in [1.82, 2.24) is 9.55 Å². The van der Waals surface area contributed by atoms with Gasteiger partial charge in [-0.25, -0.2) is 9.78 Å². The Bertz CT molecular complexity index is 533. The first kappa shape index (κ1) is 10.6. The number of hydrogen-bond acceptors (Lipinski definition) is 3. The Hall–Kier alpha value is -1.88. The number of rotatable bonds is 3. The molecule has 0 saturated heterocycles. The molecule has 5 heteroatoms. The van der Waals surface area contributed by atoms with E-state index in [9.17, 15) is 9.90 Å². The summed E-state index contributed by atoms with van der Waals surface area (Å²) in [7, 11) is 1.89. The fourth-order valence-corrected chi connectivity index (χ4v) is 1.62. The van der Waals surface area contributed by atoms with Crippen LogP contribution in [0, 0.1) is 0 Å². The van der Waals surface area contributed by atoms with Gasteiger partial charge in [-0.1, -0.05) is 6.07 Å². The molecule has 1 atom stereocenters. The molecule has 1 aromatic heterocycles. The Labute approximate surface area is 92.0 Å². The third kappa shape index (κ3) is 1.90. The monoisotopic (exact) mass is 220 g/mol. The second-order valence-corrected chi connectivity index (χ2v) is 3.74. The van der Waals surface area contributed by atoms with E-state index in [1.807, 2.05) is 17.7 Å². The minimum absolute atomic E-state index is 0.0991. The number of aromatic nitrogens is 2. The van der Waals surface area contributed by atoms with E-state index in [2.05, 4.69) is 4.98 Å². The highest BCUT2D eigenvalue weighted by atomic mass is 16.4. The van der Waals surface area contributed by atoms with Crippen LogP contribution in [0.5, 0.6) is 0 Å². The molecule has 0 aliphatic rings. The average Bonchev–Trinajstić information content (AvgIpc) is 2.60. The number of nitrogens with zero attached hydrogens (tertiary/aromatic N) is 2. The van der Waals surface area contributed by atoms with E-state index >= 15 is 0 Å². The predicted molar refractivity (Wildman–Crippen MR) is 58.1 cm³/mol. The number of carbonyl (C=O) groups is 1. The number of fused-ring (bicyclic) bond motifs is 1. The van der Waals surface area contributed by atoms with Crippen LogP contribution in [-0.4, -0.2) is 31.8 Å². The molecule has 0 aliphatic heterocycles. The summed E-state index contributed by atoms with van der Waals surface area (Å²) in [6, 6.07) is 5.46. The number of hydrogen-bond donors (Lipinski definition) is 2. The molecule has 0 fully saturated rings. The third-order valence-electron chi connectivity index (χ3n) is 2.50. The van der Waals surface area contributed by atoms with Crippen LogP contribution in [0.1, 0.15) is 5.56 Å². The van der Waals surface area contributed by atoms with Crippen LogP contribution >= 0.6 is 0 Å². The molecule has 1 heterocycles. The molecule has 1 aromatic carbocycles. The van der Waals surface area contributed by atoms with Crippen LogP contribution in [0.3, 0.4) is 0 Å². The number of aliphatic hydroxyl groups is 1. The van der Waals surface area contributed by atoms with Crippen LogP contribution in [0.15, 0.2) is 24.5 Å². The summed E-state index contributed by atoms with van der Waals surface area (Å²) in [5.41, 5.74) is 2.55. The lowest BCUT2D eigenvalue weighted by atomic mass is 10.1. The van der Waals surface area contributed by atoms with Crippen molar-refractivity contribution >= 4 is 17.0 Å². The summed E-state index contributed by atoms with van der Waals surface area (Å²) in [5, 5.41) is 17.8. The van der Waals surface area contributed by atoms with Crippen molar-refractivity contribution in [3.8, 4) is 0 Å². The van der Waals surface area contributed by atoms with Gasteiger partial charge in [0.1, 0.15) is 0 Å². The van der Waals surface area contributed by atoms with Gasteiger partial charge in [0.05, 0.1) is 17.4 Å². The minimum Gasteiger partial charge on any atom is -0.479 e. The molecular formula is C11H12N2O3. The van der Waals surface area contributed by atoms with E-state index < -0.39 is 12.1 Å². The van der Waals surface area contributed by atoms with Crippen molar-refractivity contribution in [2.75, 3.05) is 0 Å². The van der Waals surface area contributed by atoms with Crippen molar-refractivity contribution in [2.45, 2.75) is 12.5 Å². The Morgan fingerprint density at radius 3 is 3.00 bits per heavy atom. The molecule has 5 nitrogen and oxygen atoms in total. The number of aliphatic carboxylic acids is 1. The quantitative estimate of drug-likeness (QED) is 0.792.